The zero-order valence-electron chi connectivity index (χ0n) is 25.7. The highest BCUT2D eigenvalue weighted by Gasteiger charge is 2.20. The number of rotatable bonds is 9. The third kappa shape index (κ3) is 7.63. The molecule has 2 N–H and O–H groups in total. The Labute approximate surface area is 259 Å². The molecule has 3 aromatic rings. The van der Waals surface area contributed by atoms with Gasteiger partial charge in [0.05, 0.1) is 10.9 Å². The summed E-state index contributed by atoms with van der Waals surface area (Å²) in [6.45, 7) is 6.51. The Morgan fingerprint density at radius 2 is 1.32 bits per heavy atom. The number of benzene rings is 2. The van der Waals surface area contributed by atoms with Gasteiger partial charge in [-0.05, 0) is 112 Å². The van der Waals surface area contributed by atoms with Gasteiger partial charge in [-0.2, -0.15) is 0 Å². The molecule has 2 saturated heterocycles. The first-order valence-electron chi connectivity index (χ1n) is 16.4. The summed E-state index contributed by atoms with van der Waals surface area (Å²) in [6.07, 6.45) is 12.1. The number of aromatic nitrogens is 2. The van der Waals surface area contributed by atoms with Crippen LogP contribution < -0.4 is 16.2 Å². The van der Waals surface area contributed by atoms with Crippen LogP contribution in [0.3, 0.4) is 0 Å². The quantitative estimate of drug-likeness (QED) is 0.345. The van der Waals surface area contributed by atoms with Crippen LogP contribution in [0.1, 0.15) is 75.6 Å². The molecule has 9 heteroatoms. The van der Waals surface area contributed by atoms with Gasteiger partial charge in [-0.1, -0.05) is 25.0 Å². The maximum absolute atomic E-state index is 13.6. The predicted molar refractivity (Wildman–Crippen MR) is 177 cm³/mol. The topological polar surface area (TPSA) is 99.6 Å². The Morgan fingerprint density at radius 1 is 0.727 bits per heavy atom. The summed E-state index contributed by atoms with van der Waals surface area (Å²) in [4.78, 5) is 48.3. The van der Waals surface area contributed by atoms with Crippen LogP contribution in [0.4, 0.5) is 11.4 Å². The maximum Gasteiger partial charge on any atom is 0.261 e. The molecule has 0 radical (unpaired) electrons. The number of hydrogen-bond donors (Lipinski definition) is 2. The summed E-state index contributed by atoms with van der Waals surface area (Å²) in [6, 6.07) is 13.3. The van der Waals surface area contributed by atoms with Crippen LogP contribution in [0.5, 0.6) is 0 Å². The van der Waals surface area contributed by atoms with Crippen molar-refractivity contribution in [3.05, 3.63) is 64.2 Å². The Balaban J connectivity index is 1.11. The number of allylic oxidation sites excluding steroid dienone is 1. The van der Waals surface area contributed by atoms with Crippen LogP contribution in [0.15, 0.2) is 47.3 Å². The second-order valence-electron chi connectivity index (χ2n) is 12.4. The van der Waals surface area contributed by atoms with E-state index in [9.17, 15) is 14.4 Å². The van der Waals surface area contributed by atoms with Crippen molar-refractivity contribution in [2.75, 3.05) is 49.9 Å². The Morgan fingerprint density at radius 3 is 1.95 bits per heavy atom. The molecule has 2 aromatic carbocycles. The van der Waals surface area contributed by atoms with Gasteiger partial charge in [0.25, 0.3) is 5.56 Å². The van der Waals surface area contributed by atoms with E-state index in [1.54, 1.807) is 10.6 Å². The molecule has 6 rings (SSSR count). The molecule has 1 aromatic heterocycles. The summed E-state index contributed by atoms with van der Waals surface area (Å²) in [5.74, 6) is 0.704. The third-order valence-electron chi connectivity index (χ3n) is 9.10. The van der Waals surface area contributed by atoms with E-state index >= 15 is 0 Å². The molecule has 3 aliphatic heterocycles. The molecule has 0 saturated carbocycles. The van der Waals surface area contributed by atoms with E-state index in [0.717, 1.165) is 68.9 Å². The molecule has 0 atom stereocenters. The van der Waals surface area contributed by atoms with E-state index in [1.165, 1.54) is 38.5 Å². The zero-order valence-corrected chi connectivity index (χ0v) is 25.7. The van der Waals surface area contributed by atoms with Gasteiger partial charge in [0.15, 0.2) is 0 Å². The summed E-state index contributed by atoms with van der Waals surface area (Å²) in [5.41, 5.74) is 3.98. The van der Waals surface area contributed by atoms with E-state index < -0.39 is 0 Å². The molecular weight excluding hydrogens is 552 g/mol. The molecule has 0 unspecified atom stereocenters. The summed E-state index contributed by atoms with van der Waals surface area (Å²) < 4.78 is 1.76. The molecule has 2 amide bonds. The highest BCUT2D eigenvalue weighted by molar-refractivity contribution is 5.94. The van der Waals surface area contributed by atoms with E-state index in [2.05, 4.69) is 26.5 Å². The van der Waals surface area contributed by atoms with Crippen LogP contribution in [0.25, 0.3) is 22.6 Å². The average Bonchev–Trinajstić information content (AvgIpc) is 3.05. The fourth-order valence-corrected chi connectivity index (χ4v) is 6.62. The Hall–Kier alpha value is -3.82. The van der Waals surface area contributed by atoms with E-state index in [0.29, 0.717) is 41.8 Å². The lowest BCUT2D eigenvalue weighted by Gasteiger charge is -2.26. The summed E-state index contributed by atoms with van der Waals surface area (Å²) >= 11 is 0. The molecule has 0 aliphatic carbocycles. The average molecular weight is 597 g/mol. The van der Waals surface area contributed by atoms with Gasteiger partial charge in [0.2, 0.25) is 11.8 Å². The number of hydrogen-bond acceptors (Lipinski definition) is 6. The smallest absolute Gasteiger partial charge is 0.261 e. The Bertz CT molecular complexity index is 1570. The minimum Gasteiger partial charge on any atom is -0.326 e. The molecule has 0 spiro atoms. The number of carbonyl (C=O) groups is 2. The lowest BCUT2D eigenvalue weighted by atomic mass is 10.0. The fourth-order valence-electron chi connectivity index (χ4n) is 6.62. The van der Waals surface area contributed by atoms with Gasteiger partial charge in [0.1, 0.15) is 5.82 Å². The van der Waals surface area contributed by atoms with Crippen molar-refractivity contribution in [3.63, 3.8) is 0 Å². The largest absolute Gasteiger partial charge is 0.326 e. The molecular formula is C35H44N6O3. The lowest BCUT2D eigenvalue weighted by molar-refractivity contribution is -0.117. The first kappa shape index (κ1) is 30.2. The van der Waals surface area contributed by atoms with Crippen LogP contribution in [-0.4, -0.2) is 70.4 Å². The van der Waals surface area contributed by atoms with Crippen LogP contribution in [-0.2, 0) is 16.1 Å². The third-order valence-corrected chi connectivity index (χ3v) is 9.10. The molecule has 232 valence electrons. The SMILES string of the molecule is O=C(CCN1CCCCC1)Nc1ccc(/C=C2\CCCn3c2nc2ccc(NC(=O)CCN4CCCCC4)cc2c3=O)cc1. The highest BCUT2D eigenvalue weighted by Crippen LogP contribution is 2.28. The minimum absolute atomic E-state index is 0.0331. The standard InChI is InChI=1S/C35H44N6O3/c42-32(15-22-39-17-3-1-4-18-39)36-28-11-9-26(10-12-28)24-27-8-7-21-41-34(27)38-31-14-13-29(25-30(31)35(41)44)37-33(43)16-23-40-19-5-2-6-20-40/h9-14,24-25H,1-8,15-23H2,(H,36,42)(H,37,43)/b27-24+. The first-order chi connectivity index (χ1) is 21.5. The van der Waals surface area contributed by atoms with Gasteiger partial charge >= 0.3 is 0 Å². The van der Waals surface area contributed by atoms with Gasteiger partial charge in [-0.15, -0.1) is 0 Å². The van der Waals surface area contributed by atoms with Gasteiger partial charge in [-0.25, -0.2) is 4.98 Å². The van der Waals surface area contributed by atoms with Crippen LogP contribution in [0, 0.1) is 0 Å². The number of nitrogens with zero attached hydrogens (tertiary/aromatic N) is 4. The van der Waals surface area contributed by atoms with Crippen LogP contribution in [0.2, 0.25) is 0 Å². The van der Waals surface area contributed by atoms with Crippen molar-refractivity contribution in [3.8, 4) is 0 Å². The predicted octanol–water partition coefficient (Wildman–Crippen LogP) is 5.36. The van der Waals surface area contributed by atoms with E-state index in [-0.39, 0.29) is 17.4 Å². The number of carbonyl (C=O) groups excluding carboxylic acids is 2. The summed E-state index contributed by atoms with van der Waals surface area (Å²) in [5, 5.41) is 6.52. The molecule has 2 fully saturated rings. The summed E-state index contributed by atoms with van der Waals surface area (Å²) in [7, 11) is 0. The number of amides is 2. The lowest BCUT2D eigenvalue weighted by Crippen LogP contribution is -2.32. The Kier molecular flexibility index (Phi) is 9.83. The normalized spacial score (nSPS) is 18.7. The van der Waals surface area contributed by atoms with Gasteiger partial charge in [0, 0.05) is 43.9 Å². The van der Waals surface area contributed by atoms with Crippen molar-refractivity contribution in [1.82, 2.24) is 19.4 Å². The van der Waals surface area contributed by atoms with Crippen molar-refractivity contribution < 1.29 is 9.59 Å². The number of piperidine rings is 2. The number of likely N-dealkylation sites (tertiary alicyclic amines) is 2. The minimum atomic E-state index is -0.0809. The molecule has 0 bridgehead atoms. The molecule has 4 heterocycles. The van der Waals surface area contributed by atoms with E-state index in [1.807, 2.05) is 36.4 Å². The number of fused-ring (bicyclic) bond motifs is 2. The molecule has 44 heavy (non-hydrogen) atoms. The number of nitrogens with one attached hydrogen (secondary N) is 2. The van der Waals surface area contributed by atoms with Crippen molar-refractivity contribution >= 4 is 45.7 Å². The van der Waals surface area contributed by atoms with E-state index in [4.69, 9.17) is 4.98 Å². The highest BCUT2D eigenvalue weighted by atomic mass is 16.2. The monoisotopic (exact) mass is 596 g/mol. The molecule has 3 aliphatic rings. The van der Waals surface area contributed by atoms with Gasteiger partial charge < -0.3 is 20.4 Å². The fraction of sp³-hybridized carbons (Fsp3) is 0.486. The van der Waals surface area contributed by atoms with Gasteiger partial charge in [-0.3, -0.25) is 19.0 Å². The zero-order chi connectivity index (χ0) is 30.3. The second-order valence-corrected chi connectivity index (χ2v) is 12.4. The second kappa shape index (κ2) is 14.3. The first-order valence-corrected chi connectivity index (χ1v) is 16.4. The van der Waals surface area contributed by atoms with Crippen molar-refractivity contribution in [2.45, 2.75) is 70.8 Å². The number of anilines is 2. The van der Waals surface area contributed by atoms with Crippen molar-refractivity contribution in [1.29, 1.82) is 0 Å². The van der Waals surface area contributed by atoms with Crippen molar-refractivity contribution in [2.24, 2.45) is 0 Å². The maximum atomic E-state index is 13.6. The molecule has 9 nitrogen and oxygen atoms in total. The van der Waals surface area contributed by atoms with Crippen LogP contribution >= 0.6 is 0 Å².